The molecule has 0 aromatic rings. The van der Waals surface area contributed by atoms with E-state index < -0.39 is 0 Å². The fourth-order valence-electron chi connectivity index (χ4n) is 2.56. The minimum absolute atomic E-state index is 0.464. The van der Waals surface area contributed by atoms with Crippen molar-refractivity contribution in [1.82, 2.24) is 10.2 Å². The Kier molecular flexibility index (Phi) is 8.62. The highest BCUT2D eigenvalue weighted by Gasteiger charge is 2.20. The van der Waals surface area contributed by atoms with Gasteiger partial charge in [-0.3, -0.25) is 4.90 Å². The van der Waals surface area contributed by atoms with Crippen molar-refractivity contribution in [1.29, 1.82) is 0 Å². The van der Waals surface area contributed by atoms with Gasteiger partial charge in [0.05, 0.1) is 6.61 Å². The zero-order valence-corrected chi connectivity index (χ0v) is 13.2. The van der Waals surface area contributed by atoms with E-state index in [0.29, 0.717) is 12.0 Å². The highest BCUT2D eigenvalue weighted by Crippen LogP contribution is 2.16. The molecule has 1 unspecified atom stereocenters. The summed E-state index contributed by atoms with van der Waals surface area (Å²) < 4.78 is 10.8. The van der Waals surface area contributed by atoms with Gasteiger partial charge in [0.1, 0.15) is 0 Å². The molecule has 0 bridgehead atoms. The summed E-state index contributed by atoms with van der Waals surface area (Å²) in [6.45, 7) is 10.4. The van der Waals surface area contributed by atoms with Crippen LogP contribution in [0.5, 0.6) is 0 Å². The molecule has 0 saturated carbocycles. The van der Waals surface area contributed by atoms with Gasteiger partial charge in [0, 0.05) is 39.5 Å². The van der Waals surface area contributed by atoms with Gasteiger partial charge in [-0.05, 0) is 38.3 Å². The second-order valence-corrected chi connectivity index (χ2v) is 6.16. The van der Waals surface area contributed by atoms with Crippen LogP contribution in [0, 0.1) is 11.8 Å². The van der Waals surface area contributed by atoms with E-state index in [9.17, 15) is 0 Å². The van der Waals surface area contributed by atoms with Gasteiger partial charge in [-0.2, -0.15) is 0 Å². The van der Waals surface area contributed by atoms with E-state index in [1.54, 1.807) is 7.11 Å². The molecular formula is C15H32N2O2. The van der Waals surface area contributed by atoms with E-state index in [1.807, 2.05) is 0 Å². The maximum atomic E-state index is 5.42. The first-order valence-corrected chi connectivity index (χ1v) is 7.61. The van der Waals surface area contributed by atoms with Crippen LogP contribution in [0.1, 0.15) is 26.7 Å². The summed E-state index contributed by atoms with van der Waals surface area (Å²) in [5.74, 6) is 1.48. The van der Waals surface area contributed by atoms with Crippen molar-refractivity contribution in [2.75, 3.05) is 53.6 Å². The molecule has 4 heteroatoms. The molecule has 1 atom stereocenters. The van der Waals surface area contributed by atoms with Gasteiger partial charge >= 0.3 is 0 Å². The monoisotopic (exact) mass is 272 g/mol. The van der Waals surface area contributed by atoms with Crippen LogP contribution in [0.15, 0.2) is 0 Å². The second kappa shape index (κ2) is 9.70. The lowest BCUT2D eigenvalue weighted by Crippen LogP contribution is -2.46. The molecule has 0 aromatic carbocycles. The number of hydrogen-bond acceptors (Lipinski definition) is 4. The summed E-state index contributed by atoms with van der Waals surface area (Å²) in [5.41, 5.74) is 0. The van der Waals surface area contributed by atoms with Crippen LogP contribution in [0.25, 0.3) is 0 Å². The Hall–Kier alpha value is -0.160. The zero-order valence-electron chi connectivity index (χ0n) is 13.2. The van der Waals surface area contributed by atoms with Gasteiger partial charge in [-0.15, -0.1) is 0 Å². The van der Waals surface area contributed by atoms with Gasteiger partial charge < -0.3 is 14.8 Å². The molecule has 0 aliphatic carbocycles. The van der Waals surface area contributed by atoms with Crippen LogP contribution < -0.4 is 5.32 Å². The number of likely N-dealkylation sites (N-methyl/N-ethyl adjacent to an activating group) is 1. The number of ether oxygens (including phenoxy) is 2. The molecule has 1 N–H and O–H groups in total. The third-order valence-corrected chi connectivity index (χ3v) is 3.80. The lowest BCUT2D eigenvalue weighted by Gasteiger charge is -2.32. The van der Waals surface area contributed by atoms with E-state index in [-0.39, 0.29) is 0 Å². The third kappa shape index (κ3) is 7.25. The van der Waals surface area contributed by atoms with Crippen molar-refractivity contribution in [2.24, 2.45) is 11.8 Å². The first-order chi connectivity index (χ1) is 9.13. The molecule has 1 aliphatic heterocycles. The van der Waals surface area contributed by atoms with Gasteiger partial charge in [0.15, 0.2) is 0 Å². The number of nitrogens with one attached hydrogen (secondary N) is 1. The Morgan fingerprint density at radius 3 is 2.53 bits per heavy atom. The minimum Gasteiger partial charge on any atom is -0.383 e. The third-order valence-electron chi connectivity index (χ3n) is 3.80. The standard InChI is InChI=1S/C15H32N2O2/c1-13(2)9-16-10-15(12-18-4)17(3)11-14-5-7-19-8-6-14/h13-16H,5-12H2,1-4H3. The fraction of sp³-hybridized carbons (Fsp3) is 1.00. The van der Waals surface area contributed by atoms with Crippen LogP contribution >= 0.6 is 0 Å². The topological polar surface area (TPSA) is 33.7 Å². The summed E-state index contributed by atoms with van der Waals surface area (Å²) >= 11 is 0. The first-order valence-electron chi connectivity index (χ1n) is 7.61. The molecular weight excluding hydrogens is 240 g/mol. The van der Waals surface area contributed by atoms with Gasteiger partial charge in [0.2, 0.25) is 0 Å². The van der Waals surface area contributed by atoms with Gasteiger partial charge in [0.25, 0.3) is 0 Å². The Bertz CT molecular complexity index is 218. The molecule has 0 aromatic heterocycles. The van der Waals surface area contributed by atoms with Crippen molar-refractivity contribution in [3.05, 3.63) is 0 Å². The SMILES string of the molecule is COCC(CNCC(C)C)N(C)CC1CCOCC1. The maximum Gasteiger partial charge on any atom is 0.0630 e. The lowest BCUT2D eigenvalue weighted by atomic mass is 9.99. The van der Waals surface area contributed by atoms with Crippen LogP contribution in [0.2, 0.25) is 0 Å². The Labute approximate surface area is 118 Å². The van der Waals surface area contributed by atoms with Gasteiger partial charge in [-0.25, -0.2) is 0 Å². The average Bonchev–Trinajstić information content (AvgIpc) is 2.38. The van der Waals surface area contributed by atoms with Crippen molar-refractivity contribution >= 4 is 0 Å². The number of rotatable bonds is 9. The Balaban J connectivity index is 2.31. The summed E-state index contributed by atoms with van der Waals surface area (Å²) in [4.78, 5) is 2.45. The molecule has 19 heavy (non-hydrogen) atoms. The first kappa shape index (κ1) is 16.9. The summed E-state index contributed by atoms with van der Waals surface area (Å²) in [6.07, 6.45) is 2.40. The summed E-state index contributed by atoms with van der Waals surface area (Å²) in [5, 5.41) is 3.54. The molecule has 1 rings (SSSR count). The summed E-state index contributed by atoms with van der Waals surface area (Å²) in [7, 11) is 4.01. The smallest absolute Gasteiger partial charge is 0.0630 e. The molecule has 1 fully saturated rings. The van der Waals surface area contributed by atoms with Crippen LogP contribution in [0.4, 0.5) is 0 Å². The fourth-order valence-corrected chi connectivity index (χ4v) is 2.56. The van der Waals surface area contributed by atoms with Crippen LogP contribution in [-0.4, -0.2) is 64.6 Å². The lowest BCUT2D eigenvalue weighted by molar-refractivity contribution is 0.0399. The molecule has 4 nitrogen and oxygen atoms in total. The zero-order chi connectivity index (χ0) is 14.1. The highest BCUT2D eigenvalue weighted by molar-refractivity contribution is 4.75. The van der Waals surface area contributed by atoms with E-state index in [2.05, 4.69) is 31.1 Å². The summed E-state index contributed by atoms with van der Waals surface area (Å²) in [6, 6.07) is 0.464. The second-order valence-electron chi connectivity index (χ2n) is 6.16. The predicted octanol–water partition coefficient (Wildman–Crippen LogP) is 1.61. The number of nitrogens with zero attached hydrogens (tertiary/aromatic N) is 1. The Morgan fingerprint density at radius 2 is 1.95 bits per heavy atom. The van der Waals surface area contributed by atoms with Gasteiger partial charge in [-0.1, -0.05) is 13.8 Å². The van der Waals surface area contributed by atoms with E-state index >= 15 is 0 Å². The number of hydrogen-bond donors (Lipinski definition) is 1. The van der Waals surface area contributed by atoms with Crippen molar-refractivity contribution in [3.63, 3.8) is 0 Å². The maximum absolute atomic E-state index is 5.42. The average molecular weight is 272 g/mol. The van der Waals surface area contributed by atoms with E-state index in [1.165, 1.54) is 12.8 Å². The number of methoxy groups -OCH3 is 1. The highest BCUT2D eigenvalue weighted by atomic mass is 16.5. The molecule has 1 heterocycles. The molecule has 1 aliphatic rings. The largest absolute Gasteiger partial charge is 0.383 e. The molecule has 114 valence electrons. The quantitative estimate of drug-likeness (QED) is 0.691. The van der Waals surface area contributed by atoms with E-state index in [4.69, 9.17) is 9.47 Å². The Morgan fingerprint density at radius 1 is 1.26 bits per heavy atom. The molecule has 0 radical (unpaired) electrons. The minimum atomic E-state index is 0.464. The normalized spacial score (nSPS) is 19.3. The molecule has 0 amide bonds. The molecule has 1 saturated heterocycles. The van der Waals surface area contributed by atoms with Crippen molar-refractivity contribution < 1.29 is 9.47 Å². The molecule has 0 spiro atoms. The van der Waals surface area contributed by atoms with E-state index in [0.717, 1.165) is 45.4 Å². The van der Waals surface area contributed by atoms with Crippen molar-refractivity contribution in [2.45, 2.75) is 32.7 Å². The van der Waals surface area contributed by atoms with Crippen LogP contribution in [0.3, 0.4) is 0 Å². The predicted molar refractivity (Wildman–Crippen MR) is 79.5 cm³/mol. The van der Waals surface area contributed by atoms with Crippen molar-refractivity contribution in [3.8, 4) is 0 Å². The van der Waals surface area contributed by atoms with Crippen LogP contribution in [-0.2, 0) is 9.47 Å².